The monoisotopic (exact) mass is 726 g/mol. The van der Waals surface area contributed by atoms with Crippen molar-refractivity contribution in [2.75, 3.05) is 23.3 Å². The van der Waals surface area contributed by atoms with E-state index in [9.17, 15) is 14.7 Å². The molecule has 5 aromatic rings. The van der Waals surface area contributed by atoms with Gasteiger partial charge in [-0.3, -0.25) is 15.6 Å². The van der Waals surface area contributed by atoms with Crippen molar-refractivity contribution < 1.29 is 14.7 Å². The number of amidine groups is 2. The number of pyridine rings is 3. The number of aromatic nitrogens is 3. The first-order valence-electron chi connectivity index (χ1n) is 16.4. The summed E-state index contributed by atoms with van der Waals surface area (Å²) in [7, 11) is 0. The lowest BCUT2D eigenvalue weighted by Crippen LogP contribution is -2.27. The van der Waals surface area contributed by atoms with Gasteiger partial charge in [0.05, 0.1) is 11.1 Å². The van der Waals surface area contributed by atoms with Crippen molar-refractivity contribution in [3.05, 3.63) is 137 Å². The molecule has 5 rings (SSSR count). The SMILES string of the molecule is C=Cc1ccc(-c2ccc(C(=O)NCC(C)C)cc2C(=O)O)c(CNc2ccc(C(=N)N)cn2)c1.N#Cc1ccc(N)nc1.N=C(N)c1ccc(N)nc1. The van der Waals surface area contributed by atoms with Crippen LogP contribution in [0.3, 0.4) is 0 Å². The molecule has 0 saturated carbocycles. The minimum absolute atomic E-state index is 0.00694. The second kappa shape index (κ2) is 19.7. The summed E-state index contributed by atoms with van der Waals surface area (Å²) in [5.74, 6) is 0.256. The number of nitriles is 1. The third kappa shape index (κ3) is 12.3. The lowest BCUT2D eigenvalue weighted by Gasteiger charge is -2.16. The number of carbonyl (C=O) groups is 2. The summed E-state index contributed by atoms with van der Waals surface area (Å²) in [6, 6.07) is 22.2. The first-order valence-corrected chi connectivity index (χ1v) is 16.4. The number of nitrogen functional groups attached to an aromatic ring is 4. The molecule has 3 heterocycles. The molecule has 0 bridgehead atoms. The number of anilines is 3. The molecule has 0 aliphatic heterocycles. The molecule has 0 aliphatic carbocycles. The van der Waals surface area contributed by atoms with Crippen molar-refractivity contribution in [3.8, 4) is 17.2 Å². The molecule has 0 unspecified atom stereocenters. The molecule has 0 radical (unpaired) electrons. The minimum atomic E-state index is -1.12. The molecule has 0 aliphatic rings. The summed E-state index contributed by atoms with van der Waals surface area (Å²) in [4.78, 5) is 36.4. The van der Waals surface area contributed by atoms with Gasteiger partial charge in [-0.25, -0.2) is 19.7 Å². The number of nitrogens with one attached hydrogen (secondary N) is 4. The molecule has 13 N–H and O–H groups in total. The molecular weight excluding hydrogens is 685 g/mol. The second-order valence-corrected chi connectivity index (χ2v) is 12.0. The van der Waals surface area contributed by atoms with Crippen LogP contribution in [0.15, 0.2) is 98.0 Å². The second-order valence-electron chi connectivity index (χ2n) is 12.0. The highest BCUT2D eigenvalue weighted by Gasteiger charge is 2.18. The Morgan fingerprint density at radius 2 is 1.44 bits per heavy atom. The fraction of sp³-hybridized carbons (Fsp3) is 0.128. The molecule has 0 spiro atoms. The Bertz CT molecular complexity index is 2140. The maximum Gasteiger partial charge on any atom is 0.336 e. The number of nitrogens with two attached hydrogens (primary N) is 4. The molecule has 0 fully saturated rings. The van der Waals surface area contributed by atoms with Crippen molar-refractivity contribution >= 4 is 47.1 Å². The van der Waals surface area contributed by atoms with E-state index in [-0.39, 0.29) is 29.1 Å². The summed E-state index contributed by atoms with van der Waals surface area (Å²) in [5.41, 5.74) is 26.1. The number of rotatable bonds is 11. The van der Waals surface area contributed by atoms with Crippen LogP contribution in [0.1, 0.15) is 62.4 Å². The van der Waals surface area contributed by atoms with Gasteiger partial charge in [-0.2, -0.15) is 5.26 Å². The topological polar surface area (TPSA) is 293 Å². The van der Waals surface area contributed by atoms with Crippen molar-refractivity contribution in [1.29, 1.82) is 16.1 Å². The van der Waals surface area contributed by atoms with Gasteiger partial charge < -0.3 is 38.7 Å². The highest BCUT2D eigenvalue weighted by atomic mass is 16.4. The Labute approximate surface area is 312 Å². The quantitative estimate of drug-likeness (QED) is 0.0652. The van der Waals surface area contributed by atoms with E-state index in [1.807, 2.05) is 38.1 Å². The minimum Gasteiger partial charge on any atom is -0.478 e. The molecule has 276 valence electrons. The van der Waals surface area contributed by atoms with E-state index in [2.05, 4.69) is 32.2 Å². The maximum absolute atomic E-state index is 12.5. The van der Waals surface area contributed by atoms with Crippen LogP contribution in [0.4, 0.5) is 17.5 Å². The Morgan fingerprint density at radius 1 is 0.852 bits per heavy atom. The number of nitrogens with zero attached hydrogens (tertiary/aromatic N) is 4. The number of hydrogen-bond donors (Lipinski definition) is 9. The Hall–Kier alpha value is -7.60. The fourth-order valence-corrected chi connectivity index (χ4v) is 4.53. The number of hydrogen-bond acceptors (Lipinski definition) is 11. The van der Waals surface area contributed by atoms with E-state index in [0.717, 1.165) is 16.7 Å². The predicted molar refractivity (Wildman–Crippen MR) is 212 cm³/mol. The number of benzene rings is 2. The largest absolute Gasteiger partial charge is 0.478 e. The van der Waals surface area contributed by atoms with Gasteiger partial charge >= 0.3 is 5.97 Å². The third-order valence-corrected chi connectivity index (χ3v) is 7.39. The zero-order valence-corrected chi connectivity index (χ0v) is 29.8. The molecule has 2 aromatic carbocycles. The van der Waals surface area contributed by atoms with Crippen LogP contribution in [0.25, 0.3) is 17.2 Å². The summed E-state index contributed by atoms with van der Waals surface area (Å²) in [5, 5.41) is 38.7. The van der Waals surface area contributed by atoms with Crippen molar-refractivity contribution in [2.24, 2.45) is 17.4 Å². The molecule has 15 heteroatoms. The molecular formula is C39H42N12O3. The molecule has 0 atom stereocenters. The van der Waals surface area contributed by atoms with Gasteiger partial charge in [-0.05, 0) is 82.8 Å². The molecule has 0 saturated heterocycles. The predicted octanol–water partition coefficient (Wildman–Crippen LogP) is 4.86. The van der Waals surface area contributed by atoms with E-state index in [0.29, 0.717) is 58.4 Å². The number of carboxylic acid groups (broad SMARTS) is 1. The Kier molecular flexibility index (Phi) is 14.9. The zero-order chi connectivity index (χ0) is 39.8. The first kappa shape index (κ1) is 40.8. The van der Waals surface area contributed by atoms with Crippen molar-refractivity contribution in [1.82, 2.24) is 20.3 Å². The van der Waals surface area contributed by atoms with Crippen LogP contribution < -0.4 is 33.6 Å². The van der Waals surface area contributed by atoms with E-state index >= 15 is 0 Å². The fourth-order valence-electron chi connectivity index (χ4n) is 4.53. The average Bonchev–Trinajstić information content (AvgIpc) is 3.17. The lowest BCUT2D eigenvalue weighted by molar-refractivity contribution is 0.0697. The van der Waals surface area contributed by atoms with Gasteiger partial charge in [0.25, 0.3) is 5.91 Å². The van der Waals surface area contributed by atoms with Crippen molar-refractivity contribution in [2.45, 2.75) is 20.4 Å². The Morgan fingerprint density at radius 3 is 1.94 bits per heavy atom. The van der Waals surface area contributed by atoms with E-state index in [1.165, 1.54) is 24.7 Å². The smallest absolute Gasteiger partial charge is 0.336 e. The highest BCUT2D eigenvalue weighted by Crippen LogP contribution is 2.30. The standard InChI is InChI=1S/C27H29N5O3.C6H8N4.C6H5N3/c1-4-17-5-8-21(20(11-17)15-31-24-10-7-19(14-30-24)25(28)29)22-9-6-18(12-23(22)27(34)35)26(33)32-13-16(2)3;7-5-2-1-4(3-10-5)6(8)9;7-3-5-1-2-6(8)9-4-5/h4-12,14,16H,1,13,15H2,2-3H3,(H3,28,29)(H,30,31)(H,32,33)(H,34,35);1-3H,(H2,7,10)(H3,8,9);1-2,4H,(H2,8,9). The van der Waals surface area contributed by atoms with Crippen LogP contribution in [0.2, 0.25) is 0 Å². The van der Waals surface area contributed by atoms with Gasteiger partial charge in [0, 0.05) is 48.4 Å². The van der Waals surface area contributed by atoms with Gasteiger partial charge in [0.15, 0.2) is 0 Å². The highest BCUT2D eigenvalue weighted by molar-refractivity contribution is 6.02. The third-order valence-electron chi connectivity index (χ3n) is 7.39. The summed E-state index contributed by atoms with van der Waals surface area (Å²) in [6.45, 7) is 8.66. The summed E-state index contributed by atoms with van der Waals surface area (Å²) in [6.07, 6.45) is 6.14. The number of carbonyl (C=O) groups excluding carboxylic acids is 1. The molecule has 1 amide bonds. The number of carboxylic acids is 1. The average molecular weight is 727 g/mol. The van der Waals surface area contributed by atoms with Crippen LogP contribution in [-0.4, -0.2) is 50.2 Å². The van der Waals surface area contributed by atoms with Gasteiger partial charge in [0.2, 0.25) is 0 Å². The van der Waals surface area contributed by atoms with Crippen LogP contribution >= 0.6 is 0 Å². The van der Waals surface area contributed by atoms with Gasteiger partial charge in [-0.1, -0.05) is 44.7 Å². The van der Waals surface area contributed by atoms with Gasteiger partial charge in [0.1, 0.15) is 35.2 Å². The number of aromatic carboxylic acids is 1. The lowest BCUT2D eigenvalue weighted by atomic mass is 9.92. The van der Waals surface area contributed by atoms with Crippen LogP contribution in [0, 0.1) is 28.1 Å². The van der Waals surface area contributed by atoms with Crippen LogP contribution in [0.5, 0.6) is 0 Å². The summed E-state index contributed by atoms with van der Waals surface area (Å²) >= 11 is 0. The number of amides is 1. The van der Waals surface area contributed by atoms with E-state index < -0.39 is 5.97 Å². The van der Waals surface area contributed by atoms with Gasteiger partial charge in [-0.15, -0.1) is 0 Å². The van der Waals surface area contributed by atoms with E-state index in [1.54, 1.807) is 54.6 Å². The molecule has 15 nitrogen and oxygen atoms in total. The maximum atomic E-state index is 12.5. The van der Waals surface area contributed by atoms with Crippen molar-refractivity contribution in [3.63, 3.8) is 0 Å². The molecule has 3 aromatic heterocycles. The zero-order valence-electron chi connectivity index (χ0n) is 29.8. The van der Waals surface area contributed by atoms with E-state index in [4.69, 9.17) is 39.0 Å². The van der Waals surface area contributed by atoms with Crippen LogP contribution in [-0.2, 0) is 6.54 Å². The normalized spacial score (nSPS) is 9.96. The Balaban J connectivity index is 0.000000332. The molecule has 54 heavy (non-hydrogen) atoms. The first-order chi connectivity index (χ1) is 25.7. The summed E-state index contributed by atoms with van der Waals surface area (Å²) < 4.78 is 0.